The van der Waals surface area contributed by atoms with E-state index in [2.05, 4.69) is 5.32 Å². The number of aromatic nitrogens is 1. The molecule has 0 aliphatic heterocycles. The first-order valence-electron chi connectivity index (χ1n) is 9.56. The van der Waals surface area contributed by atoms with Crippen molar-refractivity contribution in [3.05, 3.63) is 83.4 Å². The number of amides is 1. The van der Waals surface area contributed by atoms with Crippen LogP contribution in [0.5, 0.6) is 11.5 Å². The molecule has 0 fully saturated rings. The molecule has 0 saturated carbocycles. The second-order valence-corrected chi connectivity index (χ2v) is 7.29. The number of halogens is 2. The number of ketones is 1. The van der Waals surface area contributed by atoms with Crippen LogP contribution < -0.4 is 14.8 Å². The molecule has 6 nitrogen and oxygen atoms in total. The van der Waals surface area contributed by atoms with Gasteiger partial charge in [-0.1, -0.05) is 29.8 Å². The number of nitrogens with zero attached hydrogens (tertiary/aromatic N) is 1. The van der Waals surface area contributed by atoms with Crippen molar-refractivity contribution in [2.45, 2.75) is 0 Å². The lowest BCUT2D eigenvalue weighted by Gasteiger charge is -2.13. The lowest BCUT2D eigenvalue weighted by atomic mass is 10.0. The van der Waals surface area contributed by atoms with Gasteiger partial charge in [0.2, 0.25) is 0 Å². The largest absolute Gasteiger partial charge is 0.495 e. The Bertz CT molecular complexity index is 1330. The number of ether oxygens (including phenoxy) is 2. The summed E-state index contributed by atoms with van der Waals surface area (Å²) in [5.74, 6) is -1.45. The number of hydrogen-bond donors (Lipinski definition) is 1. The Kier molecular flexibility index (Phi) is 5.83. The molecule has 162 valence electrons. The summed E-state index contributed by atoms with van der Waals surface area (Å²) in [5.41, 5.74) is 2.23. The number of anilines is 1. The zero-order chi connectivity index (χ0) is 22.8. The zero-order valence-electron chi connectivity index (χ0n) is 17.2. The van der Waals surface area contributed by atoms with E-state index in [1.807, 2.05) is 12.1 Å². The normalized spacial score (nSPS) is 10.8. The number of hydrogen-bond acceptors (Lipinski definition) is 4. The van der Waals surface area contributed by atoms with Gasteiger partial charge in [-0.2, -0.15) is 0 Å². The maximum absolute atomic E-state index is 13.4. The van der Waals surface area contributed by atoms with Gasteiger partial charge >= 0.3 is 0 Å². The van der Waals surface area contributed by atoms with Crippen molar-refractivity contribution in [1.29, 1.82) is 0 Å². The van der Waals surface area contributed by atoms with E-state index in [9.17, 15) is 14.0 Å². The third-order valence-corrected chi connectivity index (χ3v) is 5.27. The summed E-state index contributed by atoms with van der Waals surface area (Å²) in [7, 11) is 2.86. The minimum atomic E-state index is -0.875. The average molecular weight is 453 g/mol. The molecule has 0 unspecified atom stereocenters. The maximum Gasteiger partial charge on any atom is 0.298 e. The van der Waals surface area contributed by atoms with Crippen LogP contribution in [0.2, 0.25) is 5.02 Å². The Morgan fingerprint density at radius 3 is 2.38 bits per heavy atom. The van der Waals surface area contributed by atoms with Gasteiger partial charge in [0.25, 0.3) is 11.7 Å². The van der Waals surface area contributed by atoms with Gasteiger partial charge in [0.1, 0.15) is 23.0 Å². The fourth-order valence-corrected chi connectivity index (χ4v) is 3.68. The van der Waals surface area contributed by atoms with Gasteiger partial charge in [0, 0.05) is 29.4 Å². The molecule has 0 aliphatic rings. The van der Waals surface area contributed by atoms with Gasteiger partial charge in [-0.15, -0.1) is 0 Å². The Labute approximate surface area is 188 Å². The second kappa shape index (κ2) is 8.72. The maximum atomic E-state index is 13.4. The quantitative estimate of drug-likeness (QED) is 0.321. The van der Waals surface area contributed by atoms with E-state index in [4.69, 9.17) is 21.1 Å². The molecule has 2 aromatic heterocycles. The molecule has 1 N–H and O–H groups in total. The Balaban J connectivity index is 1.77. The standard InChI is InChI=1S/C24H18ClFN2O4/c1-31-20-13-19(21(32-2)12-18(20)25)27-24(30)23(29)22-17(14-6-8-15(26)9-7-14)11-16-5-3-4-10-28(16)22/h3-13H,1-2H3,(H,27,30). The summed E-state index contributed by atoms with van der Waals surface area (Å²) in [6, 6.07) is 15.9. The molecule has 0 saturated heterocycles. The van der Waals surface area contributed by atoms with E-state index in [0.717, 1.165) is 0 Å². The van der Waals surface area contributed by atoms with Gasteiger partial charge in [0.15, 0.2) is 0 Å². The number of nitrogens with one attached hydrogen (secondary N) is 1. The average Bonchev–Trinajstić information content (AvgIpc) is 3.19. The van der Waals surface area contributed by atoms with Crippen LogP contribution in [0.3, 0.4) is 0 Å². The van der Waals surface area contributed by atoms with Crippen molar-refractivity contribution in [2.75, 3.05) is 19.5 Å². The molecule has 0 aliphatic carbocycles. The number of carbonyl (C=O) groups is 2. The van der Waals surface area contributed by atoms with E-state index >= 15 is 0 Å². The first-order chi connectivity index (χ1) is 15.4. The summed E-state index contributed by atoms with van der Waals surface area (Å²) in [6.45, 7) is 0. The molecular formula is C24H18ClFN2O4. The molecule has 0 atom stereocenters. The summed E-state index contributed by atoms with van der Waals surface area (Å²) in [6.07, 6.45) is 1.69. The number of benzene rings is 2. The van der Waals surface area contributed by atoms with Crippen molar-refractivity contribution in [1.82, 2.24) is 4.40 Å². The lowest BCUT2D eigenvalue weighted by Crippen LogP contribution is -2.25. The number of carbonyl (C=O) groups excluding carboxylic acids is 2. The molecule has 4 rings (SSSR count). The molecule has 2 aromatic carbocycles. The first-order valence-corrected chi connectivity index (χ1v) is 9.94. The zero-order valence-corrected chi connectivity index (χ0v) is 17.9. The fraction of sp³-hybridized carbons (Fsp3) is 0.0833. The number of Topliss-reactive ketones (excluding diaryl/α,β-unsaturated/α-hetero) is 1. The van der Waals surface area contributed by atoms with Crippen LogP contribution in [0.15, 0.2) is 66.9 Å². The number of methoxy groups -OCH3 is 2. The smallest absolute Gasteiger partial charge is 0.298 e. The van der Waals surface area contributed by atoms with Crippen molar-refractivity contribution in [3.63, 3.8) is 0 Å². The molecule has 32 heavy (non-hydrogen) atoms. The number of rotatable bonds is 6. The third-order valence-electron chi connectivity index (χ3n) is 4.98. The molecule has 8 heteroatoms. The summed E-state index contributed by atoms with van der Waals surface area (Å²) < 4.78 is 25.5. The lowest BCUT2D eigenvalue weighted by molar-refractivity contribution is -0.112. The first kappa shape index (κ1) is 21.4. The van der Waals surface area contributed by atoms with Gasteiger partial charge < -0.3 is 19.2 Å². The molecule has 4 aromatic rings. The summed E-state index contributed by atoms with van der Waals surface area (Å²) in [4.78, 5) is 26.3. The highest BCUT2D eigenvalue weighted by atomic mass is 35.5. The summed E-state index contributed by atoms with van der Waals surface area (Å²) in [5, 5.41) is 2.87. The van der Waals surface area contributed by atoms with Crippen LogP contribution >= 0.6 is 11.6 Å². The van der Waals surface area contributed by atoms with Gasteiger partial charge in [-0.3, -0.25) is 9.59 Å². The van der Waals surface area contributed by atoms with E-state index in [1.54, 1.807) is 34.9 Å². The van der Waals surface area contributed by atoms with Crippen molar-refractivity contribution in [2.24, 2.45) is 0 Å². The molecular weight excluding hydrogens is 435 g/mol. The van der Waals surface area contributed by atoms with Crippen LogP contribution in [0.4, 0.5) is 10.1 Å². The molecule has 0 bridgehead atoms. The predicted molar refractivity (Wildman–Crippen MR) is 120 cm³/mol. The number of fused-ring (bicyclic) bond motifs is 1. The Hall–Kier alpha value is -3.84. The molecule has 1 amide bonds. The Morgan fingerprint density at radius 2 is 1.69 bits per heavy atom. The highest BCUT2D eigenvalue weighted by molar-refractivity contribution is 6.47. The minimum Gasteiger partial charge on any atom is -0.495 e. The highest BCUT2D eigenvalue weighted by Crippen LogP contribution is 2.36. The third kappa shape index (κ3) is 3.90. The van der Waals surface area contributed by atoms with Crippen molar-refractivity contribution in [3.8, 4) is 22.6 Å². The SMILES string of the molecule is COc1cc(NC(=O)C(=O)c2c(-c3ccc(F)cc3)cc3ccccn23)c(OC)cc1Cl. The van der Waals surface area contributed by atoms with Crippen LogP contribution in [-0.2, 0) is 4.79 Å². The number of pyridine rings is 1. The van der Waals surface area contributed by atoms with E-state index in [1.165, 1.54) is 38.5 Å². The van der Waals surface area contributed by atoms with Gasteiger partial charge in [0.05, 0.1) is 24.9 Å². The van der Waals surface area contributed by atoms with Crippen molar-refractivity contribution < 1.29 is 23.5 Å². The predicted octanol–water partition coefficient (Wildman–Crippen LogP) is 5.24. The topological polar surface area (TPSA) is 69.0 Å². The van der Waals surface area contributed by atoms with Gasteiger partial charge in [-0.05, 0) is 35.9 Å². The van der Waals surface area contributed by atoms with Gasteiger partial charge in [-0.25, -0.2) is 4.39 Å². The molecule has 2 heterocycles. The van der Waals surface area contributed by atoms with Crippen LogP contribution in [0.1, 0.15) is 10.5 Å². The molecule has 0 spiro atoms. The fourth-order valence-electron chi connectivity index (χ4n) is 3.45. The van der Waals surface area contributed by atoms with Crippen LogP contribution in [0, 0.1) is 5.82 Å². The van der Waals surface area contributed by atoms with Crippen molar-refractivity contribution >= 4 is 34.5 Å². The van der Waals surface area contributed by atoms with Crippen LogP contribution in [-0.4, -0.2) is 30.3 Å². The summed E-state index contributed by atoms with van der Waals surface area (Å²) >= 11 is 6.11. The van der Waals surface area contributed by atoms with E-state index in [-0.39, 0.29) is 17.1 Å². The Morgan fingerprint density at radius 1 is 0.969 bits per heavy atom. The monoisotopic (exact) mass is 452 g/mol. The van der Waals surface area contributed by atoms with E-state index in [0.29, 0.717) is 27.4 Å². The second-order valence-electron chi connectivity index (χ2n) is 6.88. The molecule has 0 radical (unpaired) electrons. The highest BCUT2D eigenvalue weighted by Gasteiger charge is 2.26. The van der Waals surface area contributed by atoms with E-state index < -0.39 is 17.5 Å². The minimum absolute atomic E-state index is 0.157. The van der Waals surface area contributed by atoms with Crippen LogP contribution in [0.25, 0.3) is 16.6 Å².